The molecule has 19 heavy (non-hydrogen) atoms. The fourth-order valence-corrected chi connectivity index (χ4v) is 4.01. The monoisotopic (exact) mass is 294 g/mol. The second-order valence-corrected chi connectivity index (χ2v) is 6.97. The molecule has 4 heteroatoms. The van der Waals surface area contributed by atoms with Crippen LogP contribution in [-0.2, 0) is 6.42 Å². The van der Waals surface area contributed by atoms with Gasteiger partial charge in [0.15, 0.2) is 0 Å². The van der Waals surface area contributed by atoms with Crippen molar-refractivity contribution in [2.75, 3.05) is 7.05 Å². The van der Waals surface area contributed by atoms with Gasteiger partial charge in [-0.05, 0) is 61.2 Å². The van der Waals surface area contributed by atoms with Gasteiger partial charge in [-0.3, -0.25) is 4.90 Å². The van der Waals surface area contributed by atoms with Gasteiger partial charge < -0.3 is 5.73 Å². The second kappa shape index (κ2) is 6.66. The van der Waals surface area contributed by atoms with Gasteiger partial charge in [0, 0.05) is 17.0 Å². The molecule has 0 saturated carbocycles. The van der Waals surface area contributed by atoms with E-state index in [0.29, 0.717) is 12.1 Å². The van der Waals surface area contributed by atoms with Crippen molar-refractivity contribution in [3.8, 4) is 0 Å². The number of hydrogen-bond acceptors (Lipinski definition) is 4. The number of rotatable bonds is 6. The first-order valence-corrected chi connectivity index (χ1v) is 8.44. The standard InChI is InChI=1S/C15H22N2S2/c1-11(9-14-5-4-7-19-14)17(3)15(12(2)16)13-6-8-18-10-13/h4-8,10-12,15H,9,16H2,1-3H3. The van der Waals surface area contributed by atoms with E-state index in [-0.39, 0.29) is 6.04 Å². The fraction of sp³-hybridized carbons (Fsp3) is 0.467. The Kier molecular flexibility index (Phi) is 5.16. The molecular weight excluding hydrogens is 272 g/mol. The van der Waals surface area contributed by atoms with Crippen molar-refractivity contribution in [1.82, 2.24) is 4.90 Å². The first-order chi connectivity index (χ1) is 9.09. The highest BCUT2D eigenvalue weighted by Crippen LogP contribution is 2.27. The number of thiophene rings is 2. The van der Waals surface area contributed by atoms with Gasteiger partial charge in [0.1, 0.15) is 0 Å². The van der Waals surface area contributed by atoms with E-state index in [1.807, 2.05) is 11.3 Å². The molecule has 0 bridgehead atoms. The first kappa shape index (κ1) is 14.7. The van der Waals surface area contributed by atoms with Crippen molar-refractivity contribution < 1.29 is 0 Å². The molecule has 2 N–H and O–H groups in total. The van der Waals surface area contributed by atoms with Gasteiger partial charge in [0.2, 0.25) is 0 Å². The minimum Gasteiger partial charge on any atom is -0.326 e. The zero-order chi connectivity index (χ0) is 13.8. The molecule has 3 atom stereocenters. The highest BCUT2D eigenvalue weighted by atomic mass is 32.1. The van der Waals surface area contributed by atoms with Crippen molar-refractivity contribution in [1.29, 1.82) is 0 Å². The van der Waals surface area contributed by atoms with E-state index < -0.39 is 0 Å². The molecule has 3 unspecified atom stereocenters. The van der Waals surface area contributed by atoms with E-state index in [9.17, 15) is 0 Å². The lowest BCUT2D eigenvalue weighted by molar-refractivity contribution is 0.165. The predicted octanol–water partition coefficient (Wildman–Crippen LogP) is 3.76. The normalized spacial score (nSPS) is 16.5. The van der Waals surface area contributed by atoms with E-state index in [2.05, 4.69) is 60.1 Å². The van der Waals surface area contributed by atoms with Crippen molar-refractivity contribution in [2.24, 2.45) is 5.73 Å². The van der Waals surface area contributed by atoms with Crippen LogP contribution in [0.3, 0.4) is 0 Å². The zero-order valence-corrected chi connectivity index (χ0v) is 13.4. The molecule has 104 valence electrons. The predicted molar refractivity (Wildman–Crippen MR) is 86.0 cm³/mol. The Balaban J connectivity index is 2.09. The van der Waals surface area contributed by atoms with Gasteiger partial charge in [0.25, 0.3) is 0 Å². The van der Waals surface area contributed by atoms with Crippen LogP contribution in [0.1, 0.15) is 30.3 Å². The second-order valence-electron chi connectivity index (χ2n) is 5.16. The van der Waals surface area contributed by atoms with Crippen LogP contribution in [0.4, 0.5) is 0 Å². The largest absolute Gasteiger partial charge is 0.326 e. The van der Waals surface area contributed by atoms with Crippen LogP contribution in [0, 0.1) is 0 Å². The van der Waals surface area contributed by atoms with Crippen LogP contribution in [-0.4, -0.2) is 24.0 Å². The number of likely N-dealkylation sites (N-methyl/N-ethyl adjacent to an activating group) is 1. The van der Waals surface area contributed by atoms with Crippen LogP contribution >= 0.6 is 22.7 Å². The Morgan fingerprint density at radius 3 is 2.58 bits per heavy atom. The van der Waals surface area contributed by atoms with Crippen molar-refractivity contribution in [3.63, 3.8) is 0 Å². The fourth-order valence-electron chi connectivity index (χ4n) is 2.49. The molecule has 2 rings (SSSR count). The summed E-state index contributed by atoms with van der Waals surface area (Å²) in [4.78, 5) is 3.85. The SMILES string of the molecule is CC(N)C(c1ccsc1)N(C)C(C)Cc1cccs1. The Morgan fingerprint density at radius 2 is 2.05 bits per heavy atom. The average molecular weight is 294 g/mol. The molecule has 0 spiro atoms. The minimum absolute atomic E-state index is 0.130. The van der Waals surface area contributed by atoms with Crippen LogP contribution in [0.15, 0.2) is 34.3 Å². The summed E-state index contributed by atoms with van der Waals surface area (Å²) in [6.45, 7) is 4.37. The van der Waals surface area contributed by atoms with E-state index >= 15 is 0 Å². The lowest BCUT2D eigenvalue weighted by Crippen LogP contribution is -2.42. The minimum atomic E-state index is 0.130. The molecule has 0 aliphatic carbocycles. The van der Waals surface area contributed by atoms with E-state index in [1.54, 1.807) is 11.3 Å². The van der Waals surface area contributed by atoms with Gasteiger partial charge in [-0.15, -0.1) is 11.3 Å². The number of nitrogens with two attached hydrogens (primary N) is 1. The summed E-state index contributed by atoms with van der Waals surface area (Å²) in [7, 11) is 2.18. The number of hydrogen-bond donors (Lipinski definition) is 1. The van der Waals surface area contributed by atoms with Gasteiger partial charge in [-0.25, -0.2) is 0 Å². The van der Waals surface area contributed by atoms with Crippen molar-refractivity contribution in [2.45, 2.75) is 38.4 Å². The van der Waals surface area contributed by atoms with Gasteiger partial charge in [-0.2, -0.15) is 11.3 Å². The van der Waals surface area contributed by atoms with Gasteiger partial charge in [0.05, 0.1) is 6.04 Å². The molecule has 2 aromatic heterocycles. The third-order valence-electron chi connectivity index (χ3n) is 3.59. The van der Waals surface area contributed by atoms with Crippen LogP contribution in [0.25, 0.3) is 0 Å². The summed E-state index contributed by atoms with van der Waals surface area (Å²) in [6, 6.07) is 7.42. The third-order valence-corrected chi connectivity index (χ3v) is 5.19. The summed E-state index contributed by atoms with van der Waals surface area (Å²) in [5.41, 5.74) is 7.54. The Hall–Kier alpha value is -0.680. The Morgan fingerprint density at radius 1 is 1.26 bits per heavy atom. The molecule has 0 amide bonds. The Labute approximate surface area is 123 Å². The van der Waals surface area contributed by atoms with E-state index in [0.717, 1.165) is 6.42 Å². The highest BCUT2D eigenvalue weighted by Gasteiger charge is 2.25. The average Bonchev–Trinajstić information content (AvgIpc) is 3.01. The maximum absolute atomic E-state index is 6.21. The first-order valence-electron chi connectivity index (χ1n) is 6.61. The summed E-state index contributed by atoms with van der Waals surface area (Å²) < 4.78 is 0. The topological polar surface area (TPSA) is 29.3 Å². The maximum atomic E-state index is 6.21. The van der Waals surface area contributed by atoms with Crippen LogP contribution < -0.4 is 5.73 Å². The molecule has 0 fully saturated rings. The Bertz CT molecular complexity index is 462. The highest BCUT2D eigenvalue weighted by molar-refractivity contribution is 7.09. The molecule has 2 aromatic rings. The van der Waals surface area contributed by atoms with Crippen LogP contribution in [0.5, 0.6) is 0 Å². The van der Waals surface area contributed by atoms with E-state index in [4.69, 9.17) is 5.73 Å². The maximum Gasteiger partial charge on any atom is 0.0504 e. The molecule has 0 aromatic carbocycles. The molecule has 0 aliphatic rings. The van der Waals surface area contributed by atoms with Gasteiger partial charge in [-0.1, -0.05) is 6.07 Å². The van der Waals surface area contributed by atoms with Crippen molar-refractivity contribution >= 4 is 22.7 Å². The quantitative estimate of drug-likeness (QED) is 0.879. The summed E-state index contributed by atoms with van der Waals surface area (Å²) in [5, 5.41) is 6.48. The summed E-state index contributed by atoms with van der Waals surface area (Å²) in [5.74, 6) is 0. The van der Waals surface area contributed by atoms with Gasteiger partial charge >= 0.3 is 0 Å². The summed E-state index contributed by atoms with van der Waals surface area (Å²) in [6.07, 6.45) is 1.08. The molecular formula is C15H22N2S2. The number of nitrogens with zero attached hydrogens (tertiary/aromatic N) is 1. The lowest BCUT2D eigenvalue weighted by atomic mass is 10.00. The smallest absolute Gasteiger partial charge is 0.0504 e. The molecule has 2 nitrogen and oxygen atoms in total. The van der Waals surface area contributed by atoms with E-state index in [1.165, 1.54) is 10.4 Å². The zero-order valence-electron chi connectivity index (χ0n) is 11.7. The molecule has 0 saturated heterocycles. The third kappa shape index (κ3) is 3.66. The summed E-state index contributed by atoms with van der Waals surface area (Å²) >= 11 is 3.57. The van der Waals surface area contributed by atoms with Crippen molar-refractivity contribution in [3.05, 3.63) is 44.8 Å². The molecule has 2 heterocycles. The van der Waals surface area contributed by atoms with Crippen LogP contribution in [0.2, 0.25) is 0 Å². The molecule has 0 aliphatic heterocycles. The molecule has 0 radical (unpaired) electrons. The lowest BCUT2D eigenvalue weighted by Gasteiger charge is -2.35.